The van der Waals surface area contributed by atoms with Gasteiger partial charge in [-0.1, -0.05) is 35.3 Å². The summed E-state index contributed by atoms with van der Waals surface area (Å²) >= 11 is 12.3. The zero-order chi connectivity index (χ0) is 28.9. The molecule has 0 spiro atoms. The molecule has 0 saturated heterocycles. The molecule has 1 amide bonds. The number of rotatable bonds is 8. The number of nitrogens with zero attached hydrogens (tertiary/aromatic N) is 3. The van der Waals surface area contributed by atoms with Crippen LogP contribution in [0.2, 0.25) is 10.0 Å². The summed E-state index contributed by atoms with van der Waals surface area (Å²) in [6, 6.07) is 21.4. The van der Waals surface area contributed by atoms with Crippen molar-refractivity contribution < 1.29 is 14.3 Å². The number of hydrogen-bond acceptors (Lipinski definition) is 6. The van der Waals surface area contributed by atoms with Crippen LogP contribution < -0.4 is 15.2 Å². The van der Waals surface area contributed by atoms with Gasteiger partial charge in [0, 0.05) is 39.4 Å². The normalized spacial score (nSPS) is 15.3. The minimum absolute atomic E-state index is 0.247. The predicted octanol–water partition coefficient (Wildman–Crippen LogP) is 6.15. The van der Waals surface area contributed by atoms with Crippen molar-refractivity contribution in [2.24, 2.45) is 16.6 Å². The summed E-state index contributed by atoms with van der Waals surface area (Å²) in [5.41, 5.74) is 9.19. The highest BCUT2D eigenvalue weighted by Crippen LogP contribution is 2.40. The van der Waals surface area contributed by atoms with E-state index in [1.54, 1.807) is 29.2 Å². The molecule has 11 heteroatoms. The van der Waals surface area contributed by atoms with Crippen molar-refractivity contribution in [2.75, 3.05) is 19.7 Å². The smallest absolute Gasteiger partial charge is 0.416 e. The lowest BCUT2D eigenvalue weighted by Gasteiger charge is -2.35. The number of aromatic nitrogens is 1. The van der Waals surface area contributed by atoms with Crippen molar-refractivity contribution in [3.05, 3.63) is 93.6 Å². The van der Waals surface area contributed by atoms with Crippen LogP contribution in [-0.2, 0) is 6.42 Å². The Hall–Kier alpha value is -4.52. The van der Waals surface area contributed by atoms with Crippen LogP contribution in [0.5, 0.6) is 11.5 Å². The van der Waals surface area contributed by atoms with E-state index >= 15 is 0 Å². The Bertz CT molecular complexity index is 1640. The summed E-state index contributed by atoms with van der Waals surface area (Å²) in [5.74, 6) is -0.0577. The minimum Gasteiger partial charge on any atom is -0.492 e. The highest BCUT2D eigenvalue weighted by Gasteiger charge is 2.35. The molecule has 5 rings (SSSR count). The second-order valence-electron chi connectivity index (χ2n) is 9.41. The fourth-order valence-electron chi connectivity index (χ4n) is 4.79. The Morgan fingerprint density at radius 2 is 1.85 bits per heavy atom. The first-order valence-corrected chi connectivity index (χ1v) is 13.6. The lowest BCUT2D eigenvalue weighted by molar-refractivity contribution is 0.135. The van der Waals surface area contributed by atoms with E-state index in [9.17, 15) is 4.79 Å². The van der Waals surface area contributed by atoms with E-state index in [1.165, 1.54) is 6.21 Å². The van der Waals surface area contributed by atoms with Gasteiger partial charge in [-0.2, -0.15) is 5.26 Å². The highest BCUT2D eigenvalue weighted by atomic mass is 35.5. The number of amides is 1. The van der Waals surface area contributed by atoms with Crippen LogP contribution in [0.25, 0.3) is 10.9 Å². The number of benzene rings is 3. The van der Waals surface area contributed by atoms with Crippen molar-refractivity contribution in [3.8, 4) is 17.6 Å². The molecule has 2 atom stereocenters. The van der Waals surface area contributed by atoms with Gasteiger partial charge < -0.3 is 20.2 Å². The van der Waals surface area contributed by atoms with Crippen LogP contribution in [0.3, 0.4) is 0 Å². The van der Waals surface area contributed by atoms with Crippen LogP contribution in [0, 0.1) is 22.7 Å². The molecular formula is C30H26Cl2N6O3. The fraction of sp³-hybridized carbons (Fsp3) is 0.200. The zero-order valence-corrected chi connectivity index (χ0v) is 23.3. The number of ether oxygens (including phenoxy) is 2. The van der Waals surface area contributed by atoms with Crippen LogP contribution in [0.1, 0.15) is 22.9 Å². The number of fused-ring (bicyclic) bond motifs is 3. The molecule has 4 aromatic rings. The third-order valence-electron chi connectivity index (χ3n) is 6.76. The summed E-state index contributed by atoms with van der Waals surface area (Å²) in [6.45, 7) is 1.03. The average molecular weight is 589 g/mol. The molecule has 0 fully saturated rings. The topological polar surface area (TPSA) is 141 Å². The highest BCUT2D eigenvalue weighted by molar-refractivity contribution is 6.31. The molecule has 1 aromatic heterocycles. The Kier molecular flexibility index (Phi) is 8.43. The van der Waals surface area contributed by atoms with E-state index in [1.807, 2.05) is 48.5 Å². The van der Waals surface area contributed by atoms with E-state index in [0.717, 1.165) is 27.7 Å². The summed E-state index contributed by atoms with van der Waals surface area (Å²) in [7, 11) is 0. The van der Waals surface area contributed by atoms with Crippen molar-refractivity contribution in [1.82, 2.24) is 9.88 Å². The quantitative estimate of drug-likeness (QED) is 0.129. The maximum atomic E-state index is 13.5. The van der Waals surface area contributed by atoms with Gasteiger partial charge in [0.2, 0.25) is 0 Å². The van der Waals surface area contributed by atoms with Crippen LogP contribution in [0.15, 0.2) is 71.7 Å². The number of aliphatic imine (C=N–C) groups is 1. The van der Waals surface area contributed by atoms with E-state index in [2.05, 4.69) is 9.98 Å². The maximum Gasteiger partial charge on any atom is 0.416 e. The largest absolute Gasteiger partial charge is 0.492 e. The maximum absolute atomic E-state index is 13.5. The number of amidine groups is 1. The molecule has 3 aromatic carbocycles. The van der Waals surface area contributed by atoms with Gasteiger partial charge >= 0.3 is 6.09 Å². The van der Waals surface area contributed by atoms with E-state index in [0.29, 0.717) is 41.1 Å². The number of hydrogen-bond donors (Lipinski definition) is 3. The summed E-state index contributed by atoms with van der Waals surface area (Å²) in [6.07, 6.45) is 1.51. The second-order valence-corrected chi connectivity index (χ2v) is 10.3. The number of carbonyl (C=O) groups excluding carboxylic acids is 1. The van der Waals surface area contributed by atoms with E-state index < -0.39 is 18.1 Å². The van der Waals surface area contributed by atoms with Gasteiger partial charge in [-0.3, -0.25) is 15.3 Å². The molecular weight excluding hydrogens is 563 g/mol. The standard InChI is InChI=1S/C30H26Cl2N6O3/c31-20-3-8-23(9-4-20)41-30(39)38-13-11-24-25-15-21(32)5-10-26(25)37-27(24)28(38)18-1-6-22(7-2-18)40-14-12-36-17-19(16-33)29(34)35/h1-10,15,17,19,28,37H,11-14H2,(H3,34,35). The number of carbonyl (C=O) groups is 1. The molecule has 9 nitrogen and oxygen atoms in total. The Morgan fingerprint density at radius 1 is 1.15 bits per heavy atom. The third-order valence-corrected chi connectivity index (χ3v) is 7.24. The molecule has 0 radical (unpaired) electrons. The number of halogens is 2. The van der Waals surface area contributed by atoms with Crippen LogP contribution >= 0.6 is 23.2 Å². The average Bonchev–Trinajstić information content (AvgIpc) is 3.33. The fourth-order valence-corrected chi connectivity index (χ4v) is 5.09. The number of H-pyrrole nitrogens is 1. The third kappa shape index (κ3) is 6.30. The Balaban J connectivity index is 1.38. The predicted molar refractivity (Wildman–Crippen MR) is 159 cm³/mol. The van der Waals surface area contributed by atoms with Crippen molar-refractivity contribution >= 4 is 52.2 Å². The molecule has 1 aliphatic heterocycles. The van der Waals surface area contributed by atoms with Crippen LogP contribution in [-0.4, -0.2) is 47.7 Å². The number of nitrogens with one attached hydrogen (secondary N) is 2. The van der Waals surface area contributed by atoms with Crippen molar-refractivity contribution in [2.45, 2.75) is 12.5 Å². The zero-order valence-electron chi connectivity index (χ0n) is 21.8. The first kappa shape index (κ1) is 28.0. The van der Waals surface area contributed by atoms with Gasteiger partial charge in [0.15, 0.2) is 0 Å². The summed E-state index contributed by atoms with van der Waals surface area (Å²) in [4.78, 5) is 22.8. The molecule has 1 aliphatic rings. The minimum atomic E-state index is -0.843. The van der Waals surface area contributed by atoms with Gasteiger partial charge in [0.25, 0.3) is 0 Å². The summed E-state index contributed by atoms with van der Waals surface area (Å²) in [5, 5.41) is 18.6. The van der Waals surface area contributed by atoms with Crippen molar-refractivity contribution in [3.63, 3.8) is 0 Å². The SMILES string of the molecule is N#CC(C=NCCOc1ccc(C2c3[nH]c4ccc(Cl)cc4c3CCN2C(=O)Oc2ccc(Cl)cc2)cc1)C(=N)N. The number of nitrogens with two attached hydrogens (primary N) is 1. The van der Waals surface area contributed by atoms with Crippen molar-refractivity contribution in [1.29, 1.82) is 10.7 Å². The monoisotopic (exact) mass is 588 g/mol. The molecule has 2 heterocycles. The molecule has 0 bridgehead atoms. The number of aromatic amines is 1. The van der Waals surface area contributed by atoms with Gasteiger partial charge in [-0.05, 0) is 72.1 Å². The lowest BCUT2D eigenvalue weighted by atomic mass is 9.92. The van der Waals surface area contributed by atoms with E-state index in [4.69, 9.17) is 49.1 Å². The molecule has 0 aliphatic carbocycles. The van der Waals surface area contributed by atoms with Gasteiger partial charge in [0.05, 0.1) is 12.6 Å². The molecule has 2 unspecified atom stereocenters. The lowest BCUT2D eigenvalue weighted by Crippen LogP contribution is -2.42. The Morgan fingerprint density at radius 3 is 2.56 bits per heavy atom. The number of nitriles is 1. The molecule has 208 valence electrons. The Labute approximate surface area is 246 Å². The second kappa shape index (κ2) is 12.3. The van der Waals surface area contributed by atoms with Gasteiger partial charge in [-0.25, -0.2) is 4.79 Å². The first-order valence-electron chi connectivity index (χ1n) is 12.8. The summed E-state index contributed by atoms with van der Waals surface area (Å²) < 4.78 is 11.5. The molecule has 0 saturated carbocycles. The van der Waals surface area contributed by atoms with Gasteiger partial charge in [0.1, 0.15) is 35.9 Å². The molecule has 41 heavy (non-hydrogen) atoms. The van der Waals surface area contributed by atoms with Gasteiger partial charge in [-0.15, -0.1) is 0 Å². The van der Waals surface area contributed by atoms with Crippen LogP contribution in [0.4, 0.5) is 4.79 Å². The molecule has 4 N–H and O–H groups in total. The van der Waals surface area contributed by atoms with E-state index in [-0.39, 0.29) is 12.4 Å². The first-order chi connectivity index (χ1) is 19.8.